The number of sulfone groups is 4. The topological polar surface area (TPSA) is 275 Å². The first-order valence-electron chi connectivity index (χ1n) is 27.1. The normalized spacial score (nSPS) is 26.0. The SMILES string of the molecule is CS(=O)(=O)c1ccc(Br)c2c1[C@H](O)C(F)(F)C2.CS(=O)(=O)c1ccc(C2=CC(=O)CCC2)c2c1[C@H](O)C(F)(F)C2.CS(=O)(=O)c1ccc(C2=CC(O)CCC2)c2c1[C@H](O)C(F)(F)C2.CS(=O)(=O)c1ccc(C2CCCC(O)C2)c2c1[C@H](O)C(F)(F)C2. The molecule has 0 radical (unpaired) electrons. The van der Waals surface area contributed by atoms with Gasteiger partial charge in [-0.3, -0.25) is 4.79 Å². The Hall–Kier alpha value is -4.49. The minimum absolute atomic E-state index is 0.0718. The van der Waals surface area contributed by atoms with E-state index < -0.39 is 125 Å². The van der Waals surface area contributed by atoms with Gasteiger partial charge in [0.2, 0.25) is 0 Å². The van der Waals surface area contributed by atoms with Gasteiger partial charge in [-0.05, 0) is 144 Å². The van der Waals surface area contributed by atoms with Crippen LogP contribution in [-0.4, -0.2) is 131 Å². The van der Waals surface area contributed by atoms with E-state index >= 15 is 0 Å². The van der Waals surface area contributed by atoms with Gasteiger partial charge < -0.3 is 30.6 Å². The summed E-state index contributed by atoms with van der Waals surface area (Å²) in [7, 11) is -14.8. The fraction of sp³-hybridized carbons (Fsp3) is 0.500. The van der Waals surface area contributed by atoms with E-state index in [0.29, 0.717) is 71.7 Å². The molecule has 0 heterocycles. The number of aliphatic hydroxyl groups excluding tert-OH is 6. The van der Waals surface area contributed by atoms with Crippen molar-refractivity contribution in [1.29, 1.82) is 0 Å². The van der Waals surface area contributed by atoms with Crippen molar-refractivity contribution in [3.63, 3.8) is 0 Å². The Morgan fingerprint density at radius 1 is 0.453 bits per heavy atom. The van der Waals surface area contributed by atoms with Crippen LogP contribution in [0, 0.1) is 0 Å². The van der Waals surface area contributed by atoms with E-state index in [1.54, 1.807) is 12.1 Å². The molecule has 6 N–H and O–H groups in total. The maximum atomic E-state index is 14.0. The van der Waals surface area contributed by atoms with Crippen LogP contribution in [0.5, 0.6) is 0 Å². The van der Waals surface area contributed by atoms with Crippen molar-refractivity contribution >= 4 is 72.2 Å². The fourth-order valence-corrected chi connectivity index (χ4v) is 16.8. The predicted molar refractivity (Wildman–Crippen MR) is 302 cm³/mol. The number of carbonyl (C=O) groups is 1. The molecule has 472 valence electrons. The van der Waals surface area contributed by atoms with Crippen LogP contribution < -0.4 is 0 Å². The van der Waals surface area contributed by atoms with Crippen LogP contribution in [0.3, 0.4) is 0 Å². The van der Waals surface area contributed by atoms with Crippen LogP contribution in [0.4, 0.5) is 35.1 Å². The van der Waals surface area contributed by atoms with E-state index in [2.05, 4.69) is 15.9 Å². The molecule has 0 aliphatic heterocycles. The van der Waals surface area contributed by atoms with Crippen molar-refractivity contribution in [2.45, 2.75) is 176 Å². The minimum Gasteiger partial charge on any atom is -0.393 e. The molecule has 0 aromatic heterocycles. The molecule has 86 heavy (non-hydrogen) atoms. The van der Waals surface area contributed by atoms with Crippen molar-refractivity contribution in [3.8, 4) is 0 Å². The molecule has 1 fully saturated rings. The highest BCUT2D eigenvalue weighted by Gasteiger charge is 2.53. The van der Waals surface area contributed by atoms with E-state index in [9.17, 15) is 104 Å². The Bertz CT molecular complexity index is 3930. The second-order valence-electron chi connectivity index (χ2n) is 23.1. The van der Waals surface area contributed by atoms with Gasteiger partial charge in [-0.2, -0.15) is 0 Å². The zero-order chi connectivity index (χ0) is 64.0. The highest BCUT2D eigenvalue weighted by atomic mass is 79.9. The number of halogens is 9. The Morgan fingerprint density at radius 2 is 0.837 bits per heavy atom. The van der Waals surface area contributed by atoms with Gasteiger partial charge in [0.1, 0.15) is 24.4 Å². The van der Waals surface area contributed by atoms with Crippen molar-refractivity contribution < 1.29 is 104 Å². The molecular weight excluding hydrogens is 1300 g/mol. The Morgan fingerprint density at radius 3 is 1.27 bits per heavy atom. The minimum atomic E-state index is -3.75. The molecule has 15 nitrogen and oxygen atoms in total. The Kier molecular flexibility index (Phi) is 18.9. The number of aliphatic hydroxyl groups is 6. The standard InChI is InChI=1S/C16H20F2O4S.C16H18F2O4S.C16H16F2O4S.C10H9BrF2O3S/c3*1-23(21,22)13-6-5-11(9-3-2-4-10(19)7-9)12-8-16(17,18)15(20)14(12)13;1-17(15,16)7-3-2-6(11)5-4-10(12,13)9(14)8(5)7/h5-6,9-10,15,19-20H,2-4,7-8H2,1H3;5-7,10,15,19-20H,2-4,8H2,1H3;5-7,15,20H,2-4,8H2,1H3;2-3,9,14H,4H2,1H3/t9?,10?,15-;10?,15-;15-;9-/m0000/s1. The van der Waals surface area contributed by atoms with E-state index in [1.807, 2.05) is 0 Å². The van der Waals surface area contributed by atoms with Gasteiger partial charge in [-0.1, -0.05) is 46.6 Å². The number of allylic oxidation sites excluding steroid dienone is 3. The smallest absolute Gasteiger partial charge is 0.281 e. The molecule has 0 bridgehead atoms. The lowest BCUT2D eigenvalue weighted by molar-refractivity contribution is -0.114. The summed E-state index contributed by atoms with van der Waals surface area (Å²) in [5.74, 6) is -13.7. The van der Waals surface area contributed by atoms with Crippen LogP contribution in [0.15, 0.2) is 84.7 Å². The molecular formula is C58H63BrF8O15S4. The third-order valence-corrected chi connectivity index (χ3v) is 21.9. The number of rotatable bonds is 7. The van der Waals surface area contributed by atoms with Crippen molar-refractivity contribution in [3.05, 3.63) is 126 Å². The number of hydrogen-bond acceptors (Lipinski definition) is 15. The maximum Gasteiger partial charge on any atom is 0.281 e. The molecule has 11 rings (SSSR count). The summed E-state index contributed by atoms with van der Waals surface area (Å²) in [5, 5.41) is 59.0. The molecule has 4 aromatic rings. The quantitative estimate of drug-likeness (QED) is 0.0942. The molecule has 0 spiro atoms. The lowest BCUT2D eigenvalue weighted by atomic mass is 9.80. The van der Waals surface area contributed by atoms with Gasteiger partial charge in [-0.25, -0.2) is 68.8 Å². The van der Waals surface area contributed by atoms with Gasteiger partial charge in [-0.15, -0.1) is 0 Å². The number of carbonyl (C=O) groups excluding carboxylic acids is 1. The van der Waals surface area contributed by atoms with E-state index in [0.717, 1.165) is 49.9 Å². The van der Waals surface area contributed by atoms with E-state index in [4.69, 9.17) is 0 Å². The third kappa shape index (κ3) is 13.6. The predicted octanol–water partition coefficient (Wildman–Crippen LogP) is 9.11. The van der Waals surface area contributed by atoms with Gasteiger partial charge in [0.05, 0.1) is 31.8 Å². The number of benzene rings is 4. The molecule has 7 atom stereocenters. The summed E-state index contributed by atoms with van der Waals surface area (Å²) in [6, 6.07) is 11.0. The number of ketones is 1. The highest BCUT2D eigenvalue weighted by Crippen LogP contribution is 2.53. The first kappa shape index (κ1) is 67.4. The average Bonchev–Trinajstić information content (AvgIpc) is 1.82. The molecule has 0 saturated heterocycles. The molecule has 7 aliphatic carbocycles. The van der Waals surface area contributed by atoms with E-state index in [1.165, 1.54) is 48.5 Å². The van der Waals surface area contributed by atoms with Crippen LogP contribution >= 0.6 is 15.9 Å². The van der Waals surface area contributed by atoms with Gasteiger partial charge in [0.15, 0.2) is 45.1 Å². The molecule has 0 amide bonds. The zero-order valence-electron chi connectivity index (χ0n) is 46.6. The summed E-state index contributed by atoms with van der Waals surface area (Å²) in [6.07, 6.45) is 0.854. The van der Waals surface area contributed by atoms with E-state index in [-0.39, 0.29) is 75.8 Å². The second-order valence-corrected chi connectivity index (χ2v) is 31.9. The second kappa shape index (κ2) is 24.0. The molecule has 3 unspecified atom stereocenters. The summed E-state index contributed by atoms with van der Waals surface area (Å²) >= 11 is 3.09. The van der Waals surface area contributed by atoms with Gasteiger partial charge in [0, 0.05) is 83.9 Å². The Labute approximate surface area is 500 Å². The molecule has 7 aliphatic rings. The lowest BCUT2D eigenvalue weighted by Gasteiger charge is -2.28. The molecule has 4 aromatic carbocycles. The first-order valence-corrected chi connectivity index (χ1v) is 35.5. The van der Waals surface area contributed by atoms with Crippen molar-refractivity contribution in [1.82, 2.24) is 0 Å². The average molecular weight is 1360 g/mol. The summed E-state index contributed by atoms with van der Waals surface area (Å²) < 4.78 is 206. The number of fused-ring (bicyclic) bond motifs is 4. The van der Waals surface area contributed by atoms with Gasteiger partial charge >= 0.3 is 0 Å². The van der Waals surface area contributed by atoms with Crippen LogP contribution in [-0.2, 0) is 69.8 Å². The molecule has 1 saturated carbocycles. The Balaban J connectivity index is 0.000000150. The van der Waals surface area contributed by atoms with Crippen LogP contribution in [0.2, 0.25) is 0 Å². The maximum absolute atomic E-state index is 14.0. The molecule has 28 heteroatoms. The van der Waals surface area contributed by atoms with Crippen molar-refractivity contribution in [2.75, 3.05) is 25.0 Å². The largest absolute Gasteiger partial charge is 0.393 e. The number of hydrogen-bond donors (Lipinski definition) is 6. The summed E-state index contributed by atoms with van der Waals surface area (Å²) in [5.41, 5.74) is 2.87. The monoisotopic (exact) mass is 1360 g/mol. The van der Waals surface area contributed by atoms with Crippen LogP contribution in [0.25, 0.3) is 11.1 Å². The van der Waals surface area contributed by atoms with Crippen LogP contribution in [0.1, 0.15) is 156 Å². The number of alkyl halides is 8. The lowest BCUT2D eigenvalue weighted by Crippen LogP contribution is -2.22. The zero-order valence-corrected chi connectivity index (χ0v) is 51.5. The third-order valence-electron chi connectivity index (χ3n) is 16.5. The summed E-state index contributed by atoms with van der Waals surface area (Å²) in [4.78, 5) is 10.6. The van der Waals surface area contributed by atoms with Crippen molar-refractivity contribution in [2.24, 2.45) is 0 Å². The fourth-order valence-electron chi connectivity index (χ4n) is 12.5. The highest BCUT2D eigenvalue weighted by molar-refractivity contribution is 9.10. The first-order chi connectivity index (χ1) is 39.5. The summed E-state index contributed by atoms with van der Waals surface area (Å²) in [6.45, 7) is 0. The van der Waals surface area contributed by atoms with Gasteiger partial charge in [0.25, 0.3) is 23.7 Å².